The van der Waals surface area contributed by atoms with E-state index in [0.717, 1.165) is 61.1 Å². The lowest BCUT2D eigenvalue weighted by Crippen LogP contribution is -2.51. The molecule has 2 aromatic rings. The summed E-state index contributed by atoms with van der Waals surface area (Å²) in [4.78, 5) is 44.0. The van der Waals surface area contributed by atoms with Gasteiger partial charge < -0.3 is 20.4 Å². The molecule has 11 nitrogen and oxygen atoms in total. The largest absolute Gasteiger partial charge is 0.478 e. The first-order valence-corrected chi connectivity index (χ1v) is 13.7. The summed E-state index contributed by atoms with van der Waals surface area (Å²) in [5.41, 5.74) is 0.652. The normalized spacial score (nSPS) is 28.3. The van der Waals surface area contributed by atoms with Gasteiger partial charge >= 0.3 is 11.9 Å². The summed E-state index contributed by atoms with van der Waals surface area (Å²) in [5, 5.41) is 24.3. The first-order chi connectivity index (χ1) is 18.3. The Morgan fingerprint density at radius 3 is 2.11 bits per heavy atom. The molecule has 5 aliphatic rings. The molecule has 4 saturated carbocycles. The van der Waals surface area contributed by atoms with Crippen LogP contribution in [0.15, 0.2) is 24.7 Å². The smallest absolute Gasteiger partial charge is 0.328 e. The number of carboxylic acids is 2. The van der Waals surface area contributed by atoms with E-state index < -0.39 is 11.9 Å². The molecule has 3 N–H and O–H groups in total. The summed E-state index contributed by atoms with van der Waals surface area (Å²) >= 11 is 0. The highest BCUT2D eigenvalue weighted by Gasteiger charge is 2.54. The molecule has 38 heavy (non-hydrogen) atoms. The molecule has 1 saturated heterocycles. The number of aromatic nitrogens is 4. The third-order valence-corrected chi connectivity index (χ3v) is 8.63. The van der Waals surface area contributed by atoms with Gasteiger partial charge in [0.15, 0.2) is 5.65 Å². The standard InChI is InChI=1S/C23H32N6O.C4H4O4/c30-22(23-11-16-8-17(12-23)10-18(9-16)13-23)27-20-19-14-26-29(21(19)25-15-24-20)7-6-28-4-2-1-3-5-28;5-3(6)1-2-4(7)8/h14-18H,1-13H2,(H,24,25,27,30);1-2H,(H,5,6)(H,7,8)/b;2-1-. The number of piperidine rings is 1. The second kappa shape index (κ2) is 11.2. The Labute approximate surface area is 221 Å². The number of hydrogen-bond donors (Lipinski definition) is 3. The van der Waals surface area contributed by atoms with Crippen LogP contribution in [0, 0.1) is 23.2 Å². The molecule has 0 aromatic carbocycles. The Kier molecular flexibility index (Phi) is 7.73. The molecular formula is C27H36N6O5. The van der Waals surface area contributed by atoms with Crippen LogP contribution in [-0.2, 0) is 20.9 Å². The van der Waals surface area contributed by atoms with Gasteiger partial charge in [-0.2, -0.15) is 5.10 Å². The number of carbonyl (C=O) groups excluding carboxylic acids is 1. The van der Waals surface area contributed by atoms with Crippen molar-refractivity contribution in [3.63, 3.8) is 0 Å². The molecule has 1 aliphatic heterocycles. The number of nitrogens with zero attached hydrogens (tertiary/aromatic N) is 5. The lowest BCUT2D eigenvalue weighted by Gasteiger charge is -2.55. The van der Waals surface area contributed by atoms with Gasteiger partial charge in [-0.25, -0.2) is 24.2 Å². The maximum atomic E-state index is 13.4. The van der Waals surface area contributed by atoms with Crippen LogP contribution in [0.2, 0.25) is 0 Å². The third-order valence-electron chi connectivity index (χ3n) is 8.63. The Morgan fingerprint density at radius 1 is 0.921 bits per heavy atom. The van der Waals surface area contributed by atoms with Crippen molar-refractivity contribution in [3.05, 3.63) is 24.7 Å². The van der Waals surface area contributed by atoms with Crippen molar-refractivity contribution in [3.8, 4) is 0 Å². The highest BCUT2D eigenvalue weighted by atomic mass is 16.4. The summed E-state index contributed by atoms with van der Waals surface area (Å²) in [6.07, 6.45) is 15.7. The van der Waals surface area contributed by atoms with E-state index in [-0.39, 0.29) is 11.3 Å². The first kappa shape index (κ1) is 26.3. The van der Waals surface area contributed by atoms with Crippen molar-refractivity contribution >= 4 is 34.7 Å². The van der Waals surface area contributed by atoms with E-state index in [0.29, 0.717) is 18.0 Å². The maximum absolute atomic E-state index is 13.4. The summed E-state index contributed by atoms with van der Waals surface area (Å²) < 4.78 is 1.96. The number of amides is 1. The van der Waals surface area contributed by atoms with Gasteiger partial charge in [0.25, 0.3) is 0 Å². The Balaban J connectivity index is 0.000000323. The van der Waals surface area contributed by atoms with Crippen LogP contribution in [0.25, 0.3) is 11.0 Å². The van der Waals surface area contributed by atoms with Gasteiger partial charge in [-0.15, -0.1) is 0 Å². The maximum Gasteiger partial charge on any atom is 0.328 e. The second-order valence-electron chi connectivity index (χ2n) is 11.4. The van der Waals surface area contributed by atoms with Crippen LogP contribution < -0.4 is 5.32 Å². The Hall–Kier alpha value is -3.34. The van der Waals surface area contributed by atoms with Gasteiger partial charge in [-0.05, 0) is 82.2 Å². The van der Waals surface area contributed by atoms with E-state index in [1.165, 1.54) is 51.6 Å². The molecule has 5 fully saturated rings. The number of fused-ring (bicyclic) bond motifs is 1. The van der Waals surface area contributed by atoms with Crippen molar-refractivity contribution in [1.29, 1.82) is 0 Å². The number of carboxylic acid groups (broad SMARTS) is 2. The summed E-state index contributed by atoms with van der Waals surface area (Å²) in [7, 11) is 0. The fourth-order valence-electron chi connectivity index (χ4n) is 7.35. The molecule has 0 radical (unpaired) electrons. The number of anilines is 1. The molecule has 4 bridgehead atoms. The van der Waals surface area contributed by atoms with E-state index in [9.17, 15) is 14.4 Å². The van der Waals surface area contributed by atoms with Crippen LogP contribution in [0.3, 0.4) is 0 Å². The first-order valence-electron chi connectivity index (χ1n) is 13.7. The van der Waals surface area contributed by atoms with Crippen LogP contribution >= 0.6 is 0 Å². The van der Waals surface area contributed by atoms with E-state index in [2.05, 4.69) is 25.3 Å². The van der Waals surface area contributed by atoms with Crippen molar-refractivity contribution in [1.82, 2.24) is 24.6 Å². The summed E-state index contributed by atoms with van der Waals surface area (Å²) in [6, 6.07) is 0. The molecular weight excluding hydrogens is 488 g/mol. The van der Waals surface area contributed by atoms with Gasteiger partial charge in [0.05, 0.1) is 23.5 Å². The zero-order chi connectivity index (χ0) is 26.7. The minimum absolute atomic E-state index is 0.170. The predicted octanol–water partition coefficient (Wildman–Crippen LogP) is 3.18. The van der Waals surface area contributed by atoms with Gasteiger partial charge in [-0.3, -0.25) is 4.79 Å². The quantitative estimate of drug-likeness (QED) is 0.464. The average Bonchev–Trinajstić information content (AvgIpc) is 3.30. The number of hydrogen-bond acceptors (Lipinski definition) is 7. The number of carbonyl (C=O) groups is 3. The van der Waals surface area contributed by atoms with Crippen LogP contribution in [0.1, 0.15) is 57.8 Å². The van der Waals surface area contributed by atoms with Crippen molar-refractivity contribution in [2.75, 3.05) is 25.0 Å². The minimum atomic E-state index is -1.26. The highest BCUT2D eigenvalue weighted by Crippen LogP contribution is 2.60. The van der Waals surface area contributed by atoms with Crippen molar-refractivity contribution in [2.45, 2.75) is 64.3 Å². The molecule has 4 aliphatic carbocycles. The monoisotopic (exact) mass is 524 g/mol. The SMILES string of the molecule is O=C(Nc1ncnc2c1cnn2CCN1CCCCC1)C12CC3CC(CC(C3)C1)C2.O=C(O)/C=C\C(=O)O. The lowest BCUT2D eigenvalue weighted by molar-refractivity contribution is -0.140. The molecule has 204 valence electrons. The zero-order valence-electron chi connectivity index (χ0n) is 21.6. The van der Waals surface area contributed by atoms with E-state index in [1.54, 1.807) is 6.33 Å². The van der Waals surface area contributed by atoms with Crippen molar-refractivity contribution < 1.29 is 24.6 Å². The van der Waals surface area contributed by atoms with E-state index in [1.807, 2.05) is 10.9 Å². The molecule has 0 spiro atoms. The molecule has 11 heteroatoms. The number of likely N-dealkylation sites (tertiary alicyclic amines) is 1. The molecule has 7 rings (SSSR count). The van der Waals surface area contributed by atoms with E-state index >= 15 is 0 Å². The van der Waals surface area contributed by atoms with Gasteiger partial charge in [0.2, 0.25) is 5.91 Å². The molecule has 3 heterocycles. The van der Waals surface area contributed by atoms with Crippen LogP contribution in [0.4, 0.5) is 5.82 Å². The number of nitrogens with one attached hydrogen (secondary N) is 1. The number of rotatable bonds is 7. The fraction of sp³-hybridized carbons (Fsp3) is 0.630. The van der Waals surface area contributed by atoms with Gasteiger partial charge in [-0.1, -0.05) is 6.42 Å². The summed E-state index contributed by atoms with van der Waals surface area (Å²) in [5.74, 6) is 0.562. The summed E-state index contributed by atoms with van der Waals surface area (Å²) in [6.45, 7) is 4.18. The Bertz CT molecular complexity index is 1170. The molecule has 2 aromatic heterocycles. The van der Waals surface area contributed by atoms with Crippen LogP contribution in [-0.4, -0.2) is 72.3 Å². The minimum Gasteiger partial charge on any atom is -0.478 e. The molecule has 0 unspecified atom stereocenters. The van der Waals surface area contributed by atoms with Gasteiger partial charge in [0, 0.05) is 18.7 Å². The van der Waals surface area contributed by atoms with Crippen LogP contribution in [0.5, 0.6) is 0 Å². The predicted molar refractivity (Wildman–Crippen MR) is 139 cm³/mol. The molecule has 0 atom stereocenters. The fourth-order valence-corrected chi connectivity index (χ4v) is 7.35. The second-order valence-corrected chi connectivity index (χ2v) is 11.4. The average molecular weight is 525 g/mol. The lowest BCUT2D eigenvalue weighted by atomic mass is 9.49. The topological polar surface area (TPSA) is 151 Å². The van der Waals surface area contributed by atoms with Gasteiger partial charge in [0.1, 0.15) is 12.1 Å². The highest BCUT2D eigenvalue weighted by molar-refractivity contribution is 6.01. The Morgan fingerprint density at radius 2 is 1.53 bits per heavy atom. The van der Waals surface area contributed by atoms with E-state index in [4.69, 9.17) is 10.2 Å². The molecule has 1 amide bonds. The zero-order valence-corrected chi connectivity index (χ0v) is 21.6. The number of aliphatic carboxylic acids is 2. The van der Waals surface area contributed by atoms with Crippen molar-refractivity contribution in [2.24, 2.45) is 23.2 Å². The third kappa shape index (κ3) is 5.87.